The van der Waals surface area contributed by atoms with Crippen LogP contribution in [0.3, 0.4) is 0 Å². The molecule has 0 aliphatic heterocycles. The van der Waals surface area contributed by atoms with Crippen LogP contribution in [0.25, 0.3) is 11.3 Å². The van der Waals surface area contributed by atoms with Crippen molar-refractivity contribution in [3.8, 4) is 11.3 Å². The number of hydrogen-bond acceptors (Lipinski definition) is 3. The molecule has 1 aromatic heterocycles. The second kappa shape index (κ2) is 5.13. The molecule has 0 atom stereocenters. The normalized spacial score (nSPS) is 10.4. The van der Waals surface area contributed by atoms with Gasteiger partial charge in [-0.2, -0.15) is 0 Å². The lowest BCUT2D eigenvalue weighted by atomic mass is 10.1. The van der Waals surface area contributed by atoms with Crippen molar-refractivity contribution in [1.29, 1.82) is 0 Å². The van der Waals surface area contributed by atoms with Gasteiger partial charge in [0, 0.05) is 11.1 Å². The molecular formula is C17H13NO2. The van der Waals surface area contributed by atoms with Gasteiger partial charge in [0.25, 0.3) is 5.89 Å². The molecule has 0 amide bonds. The molecule has 0 saturated heterocycles. The van der Waals surface area contributed by atoms with Crippen LogP contribution in [-0.2, 0) is 0 Å². The quantitative estimate of drug-likeness (QED) is 0.673. The molecule has 3 heteroatoms. The van der Waals surface area contributed by atoms with Gasteiger partial charge in [-0.15, -0.1) is 0 Å². The topological polar surface area (TPSA) is 43.1 Å². The van der Waals surface area contributed by atoms with Crippen molar-refractivity contribution in [3.63, 3.8) is 0 Å². The smallest absolute Gasteiger partial charge is 0.268 e. The number of ketones is 1. The van der Waals surface area contributed by atoms with Gasteiger partial charge in [-0.05, 0) is 6.92 Å². The molecule has 3 nitrogen and oxygen atoms in total. The maximum absolute atomic E-state index is 12.2. The maximum Gasteiger partial charge on any atom is 0.268 e. The molecule has 0 radical (unpaired) electrons. The van der Waals surface area contributed by atoms with Gasteiger partial charge >= 0.3 is 0 Å². The summed E-state index contributed by atoms with van der Waals surface area (Å²) in [4.78, 5) is 16.3. The van der Waals surface area contributed by atoms with Gasteiger partial charge < -0.3 is 4.42 Å². The maximum atomic E-state index is 12.2. The van der Waals surface area contributed by atoms with Gasteiger partial charge in [-0.1, -0.05) is 60.2 Å². The van der Waals surface area contributed by atoms with E-state index in [1.807, 2.05) is 49.4 Å². The molecule has 20 heavy (non-hydrogen) atoms. The highest BCUT2D eigenvalue weighted by Gasteiger charge is 2.15. The summed E-state index contributed by atoms with van der Waals surface area (Å²) in [5.41, 5.74) is 2.60. The van der Waals surface area contributed by atoms with E-state index in [2.05, 4.69) is 4.98 Å². The summed E-state index contributed by atoms with van der Waals surface area (Å²) in [6.45, 7) is 1.98. The highest BCUT2D eigenvalue weighted by molar-refractivity contribution is 6.06. The van der Waals surface area contributed by atoms with Gasteiger partial charge in [0.05, 0.1) is 6.20 Å². The summed E-state index contributed by atoms with van der Waals surface area (Å²) in [6, 6.07) is 17.0. The summed E-state index contributed by atoms with van der Waals surface area (Å²) < 4.78 is 5.56. The molecule has 1 heterocycles. The number of carbonyl (C=O) groups excluding carboxylic acids is 1. The fourth-order valence-electron chi connectivity index (χ4n) is 1.94. The SMILES string of the molecule is Cc1ccc(C(=O)c2ncc(-c3ccccc3)o2)cc1. The largest absolute Gasteiger partial charge is 0.433 e. The van der Waals surface area contributed by atoms with Crippen LogP contribution in [0.5, 0.6) is 0 Å². The van der Waals surface area contributed by atoms with E-state index in [4.69, 9.17) is 4.42 Å². The predicted octanol–water partition coefficient (Wildman–Crippen LogP) is 3.88. The molecule has 0 N–H and O–H groups in total. The zero-order valence-corrected chi connectivity index (χ0v) is 11.0. The van der Waals surface area contributed by atoms with Crippen molar-refractivity contribution in [1.82, 2.24) is 4.98 Å². The lowest BCUT2D eigenvalue weighted by Gasteiger charge is -1.98. The number of aromatic nitrogens is 1. The van der Waals surface area contributed by atoms with Gasteiger partial charge in [0.1, 0.15) is 0 Å². The Morgan fingerprint density at radius 2 is 1.70 bits per heavy atom. The van der Waals surface area contributed by atoms with Crippen molar-refractivity contribution in [2.45, 2.75) is 6.92 Å². The molecule has 98 valence electrons. The Hall–Kier alpha value is -2.68. The third kappa shape index (κ3) is 2.38. The standard InChI is InChI=1S/C17H13NO2/c1-12-7-9-14(10-8-12)16(19)17-18-11-15(20-17)13-5-3-2-4-6-13/h2-11H,1H3. The Labute approximate surface area is 116 Å². The molecule has 3 aromatic rings. The van der Waals surface area contributed by atoms with Crippen molar-refractivity contribution in [2.75, 3.05) is 0 Å². The third-order valence-electron chi connectivity index (χ3n) is 3.07. The molecule has 2 aromatic carbocycles. The first-order valence-electron chi connectivity index (χ1n) is 6.36. The van der Waals surface area contributed by atoms with Gasteiger partial charge in [-0.25, -0.2) is 4.98 Å². The van der Waals surface area contributed by atoms with E-state index in [0.717, 1.165) is 11.1 Å². The van der Waals surface area contributed by atoms with Crippen LogP contribution in [-0.4, -0.2) is 10.8 Å². The zero-order valence-electron chi connectivity index (χ0n) is 11.0. The average Bonchev–Trinajstić information content (AvgIpc) is 2.98. The molecule has 0 fully saturated rings. The van der Waals surface area contributed by atoms with Crippen LogP contribution in [0.2, 0.25) is 0 Å². The Morgan fingerprint density at radius 1 is 1.00 bits per heavy atom. The van der Waals surface area contributed by atoms with Crippen LogP contribution in [0, 0.1) is 6.92 Å². The first-order chi connectivity index (χ1) is 9.74. The summed E-state index contributed by atoms with van der Waals surface area (Å²) >= 11 is 0. The fraction of sp³-hybridized carbons (Fsp3) is 0.0588. The minimum Gasteiger partial charge on any atom is -0.433 e. The second-order valence-corrected chi connectivity index (χ2v) is 4.59. The van der Waals surface area contributed by atoms with E-state index in [1.165, 1.54) is 0 Å². The first kappa shape index (κ1) is 12.4. The molecule has 0 unspecified atom stereocenters. The summed E-state index contributed by atoms with van der Waals surface area (Å²) in [6.07, 6.45) is 1.58. The van der Waals surface area contributed by atoms with Crippen molar-refractivity contribution in [3.05, 3.63) is 77.8 Å². The van der Waals surface area contributed by atoms with Gasteiger partial charge in [0.2, 0.25) is 5.78 Å². The minimum absolute atomic E-state index is 0.118. The van der Waals surface area contributed by atoms with E-state index in [-0.39, 0.29) is 11.7 Å². The molecule has 3 rings (SSSR count). The van der Waals surface area contributed by atoms with Crippen LogP contribution in [0.1, 0.15) is 21.8 Å². The highest BCUT2D eigenvalue weighted by Crippen LogP contribution is 2.21. The number of carbonyl (C=O) groups is 1. The Balaban J connectivity index is 1.90. The monoisotopic (exact) mass is 263 g/mol. The Kier molecular flexibility index (Phi) is 3.17. The van der Waals surface area contributed by atoms with Crippen molar-refractivity contribution < 1.29 is 9.21 Å². The van der Waals surface area contributed by atoms with Crippen LogP contribution in [0.15, 0.2) is 65.2 Å². The van der Waals surface area contributed by atoms with Crippen LogP contribution < -0.4 is 0 Å². The van der Waals surface area contributed by atoms with Crippen LogP contribution in [0.4, 0.5) is 0 Å². The number of aryl methyl sites for hydroxylation is 1. The molecule has 0 aliphatic rings. The van der Waals surface area contributed by atoms with Gasteiger partial charge in [-0.3, -0.25) is 4.79 Å². The van der Waals surface area contributed by atoms with Crippen molar-refractivity contribution in [2.24, 2.45) is 0 Å². The van der Waals surface area contributed by atoms with E-state index < -0.39 is 0 Å². The Bertz CT molecular complexity index is 727. The second-order valence-electron chi connectivity index (χ2n) is 4.59. The lowest BCUT2D eigenvalue weighted by Crippen LogP contribution is -2.01. The molecule has 0 bridgehead atoms. The number of oxazole rings is 1. The summed E-state index contributed by atoms with van der Waals surface area (Å²) in [5.74, 6) is 0.515. The molecular weight excluding hydrogens is 250 g/mol. The van der Waals surface area contributed by atoms with E-state index in [1.54, 1.807) is 18.3 Å². The minimum atomic E-state index is -0.202. The third-order valence-corrected chi connectivity index (χ3v) is 3.07. The zero-order chi connectivity index (χ0) is 13.9. The molecule has 0 spiro atoms. The van der Waals surface area contributed by atoms with E-state index in [9.17, 15) is 4.79 Å². The number of hydrogen-bond donors (Lipinski definition) is 0. The Morgan fingerprint density at radius 3 is 2.40 bits per heavy atom. The summed E-state index contributed by atoms with van der Waals surface area (Å²) in [5, 5.41) is 0. The number of nitrogens with zero attached hydrogens (tertiary/aromatic N) is 1. The summed E-state index contributed by atoms with van der Waals surface area (Å²) in [7, 11) is 0. The van der Waals surface area contributed by atoms with E-state index in [0.29, 0.717) is 11.3 Å². The fourth-order valence-corrected chi connectivity index (χ4v) is 1.94. The lowest BCUT2D eigenvalue weighted by molar-refractivity contribution is 0.100. The number of benzene rings is 2. The molecule has 0 aliphatic carbocycles. The predicted molar refractivity (Wildman–Crippen MR) is 76.6 cm³/mol. The van der Waals surface area contributed by atoms with Crippen molar-refractivity contribution >= 4 is 5.78 Å². The molecule has 0 saturated carbocycles. The first-order valence-corrected chi connectivity index (χ1v) is 6.36. The highest BCUT2D eigenvalue weighted by atomic mass is 16.4. The van der Waals surface area contributed by atoms with E-state index >= 15 is 0 Å². The van der Waals surface area contributed by atoms with Gasteiger partial charge in [0.15, 0.2) is 5.76 Å². The average molecular weight is 263 g/mol. The van der Waals surface area contributed by atoms with Crippen LogP contribution >= 0.6 is 0 Å². The number of rotatable bonds is 3.